The van der Waals surface area contributed by atoms with Crippen LogP contribution < -0.4 is 10.6 Å². The highest BCUT2D eigenvalue weighted by atomic mass is 16.5. The Morgan fingerprint density at radius 2 is 2.41 bits per heavy atom. The number of nitrogen functional groups attached to an aromatic ring is 1. The number of carbonyl (C=O) groups is 1. The maximum Gasteiger partial charge on any atom is 0.328 e. The topological polar surface area (TPSA) is 68.5 Å². The Balaban J connectivity index is 2.28. The van der Waals surface area contributed by atoms with Crippen LogP contribution >= 0.6 is 0 Å². The SMILES string of the molecule is COC(=O)C1CCCCN1c1ncccc1N. The number of rotatable bonds is 2. The second-order valence-electron chi connectivity index (χ2n) is 4.14. The van der Waals surface area contributed by atoms with E-state index in [4.69, 9.17) is 10.5 Å². The van der Waals surface area contributed by atoms with Crippen molar-refractivity contribution in [3.63, 3.8) is 0 Å². The predicted octanol–water partition coefficient (Wildman–Crippen LogP) is 1.20. The largest absolute Gasteiger partial charge is 0.467 e. The van der Waals surface area contributed by atoms with Crippen molar-refractivity contribution in [3.05, 3.63) is 18.3 Å². The van der Waals surface area contributed by atoms with Gasteiger partial charge in [0.25, 0.3) is 0 Å². The van der Waals surface area contributed by atoms with E-state index in [1.54, 1.807) is 18.3 Å². The van der Waals surface area contributed by atoms with Crippen LogP contribution in [0.1, 0.15) is 19.3 Å². The molecule has 5 nitrogen and oxygen atoms in total. The van der Waals surface area contributed by atoms with Crippen LogP contribution in [0, 0.1) is 0 Å². The highest BCUT2D eigenvalue weighted by Gasteiger charge is 2.31. The van der Waals surface area contributed by atoms with E-state index < -0.39 is 0 Å². The van der Waals surface area contributed by atoms with Crippen molar-refractivity contribution < 1.29 is 9.53 Å². The smallest absolute Gasteiger partial charge is 0.328 e. The standard InChI is InChI=1S/C12H17N3O2/c1-17-12(16)10-6-2-3-8-15(10)11-9(13)5-4-7-14-11/h4-5,7,10H,2-3,6,8,13H2,1H3. The van der Waals surface area contributed by atoms with Crippen LogP contribution in [0.15, 0.2) is 18.3 Å². The minimum atomic E-state index is -0.258. The molecule has 0 saturated carbocycles. The first kappa shape index (κ1) is 11.7. The van der Waals surface area contributed by atoms with Crippen molar-refractivity contribution in [2.75, 3.05) is 24.3 Å². The second kappa shape index (κ2) is 5.03. The monoisotopic (exact) mass is 235 g/mol. The van der Waals surface area contributed by atoms with Crippen molar-refractivity contribution in [1.82, 2.24) is 4.98 Å². The van der Waals surface area contributed by atoms with E-state index in [9.17, 15) is 4.79 Å². The number of piperidine rings is 1. The van der Waals surface area contributed by atoms with E-state index in [1.165, 1.54) is 7.11 Å². The van der Waals surface area contributed by atoms with Gasteiger partial charge in [-0.25, -0.2) is 9.78 Å². The quantitative estimate of drug-likeness (QED) is 0.780. The van der Waals surface area contributed by atoms with E-state index in [-0.39, 0.29) is 12.0 Å². The van der Waals surface area contributed by atoms with Gasteiger partial charge < -0.3 is 15.4 Å². The third kappa shape index (κ3) is 2.33. The molecule has 0 aliphatic carbocycles. The first-order chi connectivity index (χ1) is 8.24. The second-order valence-corrected chi connectivity index (χ2v) is 4.14. The summed E-state index contributed by atoms with van der Waals surface area (Å²) < 4.78 is 4.83. The molecule has 0 radical (unpaired) electrons. The molecule has 1 aliphatic rings. The summed E-state index contributed by atoms with van der Waals surface area (Å²) in [6.45, 7) is 0.793. The van der Waals surface area contributed by atoms with E-state index in [0.717, 1.165) is 25.8 Å². The number of nitrogens with two attached hydrogens (primary N) is 1. The molecule has 0 aromatic carbocycles. The number of nitrogens with zero attached hydrogens (tertiary/aromatic N) is 2. The molecule has 1 atom stereocenters. The molecule has 1 aromatic heterocycles. The van der Waals surface area contributed by atoms with E-state index in [0.29, 0.717) is 11.5 Å². The van der Waals surface area contributed by atoms with E-state index >= 15 is 0 Å². The lowest BCUT2D eigenvalue weighted by Gasteiger charge is -2.35. The van der Waals surface area contributed by atoms with Gasteiger partial charge in [0.15, 0.2) is 5.82 Å². The van der Waals surface area contributed by atoms with Crippen LogP contribution in [-0.4, -0.2) is 30.6 Å². The highest BCUT2D eigenvalue weighted by molar-refractivity contribution is 5.81. The molecule has 1 saturated heterocycles. The van der Waals surface area contributed by atoms with Crippen molar-refractivity contribution >= 4 is 17.5 Å². The number of carbonyl (C=O) groups excluding carboxylic acids is 1. The summed E-state index contributed by atoms with van der Waals surface area (Å²) in [5.41, 5.74) is 6.50. The van der Waals surface area contributed by atoms with Crippen molar-refractivity contribution in [3.8, 4) is 0 Å². The number of methoxy groups -OCH3 is 1. The first-order valence-corrected chi connectivity index (χ1v) is 5.79. The minimum absolute atomic E-state index is 0.213. The molecule has 2 N–H and O–H groups in total. The molecule has 1 unspecified atom stereocenters. The molecule has 5 heteroatoms. The molecule has 0 amide bonds. The number of esters is 1. The summed E-state index contributed by atoms with van der Waals surface area (Å²) in [6.07, 6.45) is 4.56. The minimum Gasteiger partial charge on any atom is -0.467 e. The van der Waals surface area contributed by atoms with E-state index in [1.807, 2.05) is 4.90 Å². The molecule has 0 bridgehead atoms. The number of anilines is 2. The molecular formula is C12H17N3O2. The van der Waals surface area contributed by atoms with Crippen molar-refractivity contribution in [1.29, 1.82) is 0 Å². The zero-order chi connectivity index (χ0) is 12.3. The fraction of sp³-hybridized carbons (Fsp3) is 0.500. The van der Waals surface area contributed by atoms with Gasteiger partial charge in [-0.3, -0.25) is 0 Å². The number of ether oxygens (including phenoxy) is 1. The maximum absolute atomic E-state index is 11.7. The summed E-state index contributed by atoms with van der Waals surface area (Å²) in [4.78, 5) is 17.9. The van der Waals surface area contributed by atoms with Gasteiger partial charge in [0.2, 0.25) is 0 Å². The molecular weight excluding hydrogens is 218 g/mol. The molecule has 1 fully saturated rings. The van der Waals surface area contributed by atoms with Crippen LogP contribution in [-0.2, 0) is 9.53 Å². The fourth-order valence-electron chi connectivity index (χ4n) is 2.22. The Bertz CT molecular complexity index is 408. The number of pyridine rings is 1. The Morgan fingerprint density at radius 3 is 3.12 bits per heavy atom. The van der Waals surface area contributed by atoms with E-state index in [2.05, 4.69) is 4.98 Å². The predicted molar refractivity (Wildman–Crippen MR) is 65.7 cm³/mol. The van der Waals surface area contributed by atoms with Gasteiger partial charge in [0.1, 0.15) is 6.04 Å². The summed E-state index contributed by atoms with van der Waals surface area (Å²) in [7, 11) is 1.41. The zero-order valence-corrected chi connectivity index (χ0v) is 9.93. The van der Waals surface area contributed by atoms with Crippen molar-refractivity contribution in [2.24, 2.45) is 0 Å². The normalized spacial score (nSPS) is 20.1. The summed E-state index contributed by atoms with van der Waals surface area (Å²) >= 11 is 0. The van der Waals surface area contributed by atoms with Gasteiger partial charge in [0.05, 0.1) is 12.8 Å². The molecule has 0 spiro atoms. The van der Waals surface area contributed by atoms with Gasteiger partial charge in [-0.15, -0.1) is 0 Å². The molecule has 2 heterocycles. The maximum atomic E-state index is 11.7. The van der Waals surface area contributed by atoms with Crippen LogP contribution in [0.5, 0.6) is 0 Å². The number of aromatic nitrogens is 1. The van der Waals surface area contributed by atoms with Crippen LogP contribution in [0.3, 0.4) is 0 Å². The highest BCUT2D eigenvalue weighted by Crippen LogP contribution is 2.27. The lowest BCUT2D eigenvalue weighted by Crippen LogP contribution is -2.46. The lowest BCUT2D eigenvalue weighted by atomic mass is 10.0. The van der Waals surface area contributed by atoms with Gasteiger partial charge in [-0.2, -0.15) is 0 Å². The van der Waals surface area contributed by atoms with Crippen molar-refractivity contribution in [2.45, 2.75) is 25.3 Å². The van der Waals surface area contributed by atoms with Gasteiger partial charge in [0, 0.05) is 12.7 Å². The van der Waals surface area contributed by atoms with Crippen LogP contribution in [0.2, 0.25) is 0 Å². The molecule has 2 rings (SSSR count). The Labute approximate surface area is 101 Å². The summed E-state index contributed by atoms with van der Waals surface area (Å²) in [6, 6.07) is 3.33. The fourth-order valence-corrected chi connectivity index (χ4v) is 2.22. The summed E-state index contributed by atoms with van der Waals surface area (Å²) in [5.74, 6) is 0.470. The number of hydrogen-bond acceptors (Lipinski definition) is 5. The molecule has 92 valence electrons. The third-order valence-electron chi connectivity index (χ3n) is 3.06. The van der Waals surface area contributed by atoms with Gasteiger partial charge in [-0.1, -0.05) is 0 Å². The average molecular weight is 235 g/mol. The van der Waals surface area contributed by atoms with Crippen LogP contribution in [0.25, 0.3) is 0 Å². The molecule has 1 aliphatic heterocycles. The third-order valence-corrected chi connectivity index (χ3v) is 3.06. The Kier molecular flexibility index (Phi) is 3.46. The molecule has 17 heavy (non-hydrogen) atoms. The first-order valence-electron chi connectivity index (χ1n) is 5.79. The average Bonchev–Trinajstić information content (AvgIpc) is 2.38. The van der Waals surface area contributed by atoms with Gasteiger partial charge >= 0.3 is 5.97 Å². The van der Waals surface area contributed by atoms with Gasteiger partial charge in [-0.05, 0) is 31.4 Å². The lowest BCUT2D eigenvalue weighted by molar-refractivity contribution is -0.142. The molecule has 1 aromatic rings. The summed E-state index contributed by atoms with van der Waals surface area (Å²) in [5, 5.41) is 0. The van der Waals surface area contributed by atoms with Crippen LogP contribution in [0.4, 0.5) is 11.5 Å². The Hall–Kier alpha value is -1.78. The number of hydrogen-bond donors (Lipinski definition) is 1. The Morgan fingerprint density at radius 1 is 1.59 bits per heavy atom. The zero-order valence-electron chi connectivity index (χ0n) is 9.93.